The fourth-order valence-corrected chi connectivity index (χ4v) is 2.25. The Morgan fingerprint density at radius 1 is 1.21 bits per heavy atom. The zero-order valence-corrected chi connectivity index (χ0v) is 13.6. The minimum atomic E-state index is -0.707. The zero-order chi connectivity index (χ0) is 17.5. The van der Waals surface area contributed by atoms with Crippen molar-refractivity contribution in [3.05, 3.63) is 76.5 Å². The first kappa shape index (κ1) is 17.3. The molecule has 5 heteroatoms. The van der Waals surface area contributed by atoms with Crippen LogP contribution in [0.1, 0.15) is 27.0 Å². The van der Waals surface area contributed by atoms with Crippen molar-refractivity contribution in [2.45, 2.75) is 13.5 Å². The van der Waals surface area contributed by atoms with Gasteiger partial charge in [-0.3, -0.25) is 4.79 Å². The minimum Gasteiger partial charge on any atom is -0.505 e. The highest BCUT2D eigenvalue weighted by Crippen LogP contribution is 2.21. The largest absolute Gasteiger partial charge is 0.505 e. The second-order valence-corrected chi connectivity index (χ2v) is 5.26. The van der Waals surface area contributed by atoms with Gasteiger partial charge in [-0.2, -0.15) is 0 Å². The molecule has 124 valence electrons. The molecule has 0 aliphatic carbocycles. The Morgan fingerprint density at radius 3 is 2.54 bits per heavy atom. The summed E-state index contributed by atoms with van der Waals surface area (Å²) in [5.41, 5.74) is 2.28. The van der Waals surface area contributed by atoms with Crippen LogP contribution in [0.15, 0.2) is 54.2 Å². The first-order valence-electron chi connectivity index (χ1n) is 7.42. The lowest BCUT2D eigenvalue weighted by atomic mass is 10.0. The number of carbonyl (C=O) groups excluding carboxylic acids is 2. The minimum absolute atomic E-state index is 0.0879. The highest BCUT2D eigenvalue weighted by Gasteiger charge is 2.19. The van der Waals surface area contributed by atoms with Gasteiger partial charge >= 0.3 is 5.97 Å². The number of nitrogens with one attached hydrogen (secondary N) is 1. The van der Waals surface area contributed by atoms with Gasteiger partial charge in [0.2, 0.25) is 0 Å². The van der Waals surface area contributed by atoms with Gasteiger partial charge in [0.25, 0.3) is 0 Å². The lowest BCUT2D eigenvalue weighted by Gasteiger charge is -2.13. The molecule has 0 aromatic heterocycles. The van der Waals surface area contributed by atoms with Crippen molar-refractivity contribution in [3.8, 4) is 0 Å². The second kappa shape index (κ2) is 7.97. The number of hydrogen-bond acceptors (Lipinski definition) is 5. The average Bonchev–Trinajstić information content (AvgIpc) is 2.62. The normalized spacial score (nSPS) is 11.4. The van der Waals surface area contributed by atoms with Gasteiger partial charge < -0.3 is 15.2 Å². The van der Waals surface area contributed by atoms with Gasteiger partial charge in [-0.1, -0.05) is 48.0 Å². The van der Waals surface area contributed by atoms with E-state index in [0.29, 0.717) is 18.4 Å². The quantitative estimate of drug-likeness (QED) is 0.369. The van der Waals surface area contributed by atoms with Gasteiger partial charge in [-0.25, -0.2) is 4.79 Å². The smallest absolute Gasteiger partial charge is 0.358 e. The van der Waals surface area contributed by atoms with Gasteiger partial charge in [0.1, 0.15) is 0 Å². The summed E-state index contributed by atoms with van der Waals surface area (Å²) in [6.45, 7) is 2.16. The molecule has 0 spiro atoms. The summed E-state index contributed by atoms with van der Waals surface area (Å²) >= 11 is 0. The number of ether oxygens (including phenoxy) is 1. The standard InChI is InChI=1S/C19H19NO4/c1-13-8-9-15(12-21)16(10-13)18(22)17(19(23)24-2)20-11-14-6-4-3-5-7-14/h3-10,12,20,22H,11H2,1-2H3/b18-17+. The third kappa shape index (κ3) is 4.01. The Hall–Kier alpha value is -3.08. The van der Waals surface area contributed by atoms with Crippen molar-refractivity contribution in [2.24, 2.45) is 0 Å². The van der Waals surface area contributed by atoms with Crippen molar-refractivity contribution < 1.29 is 19.4 Å². The Bertz CT molecular complexity index is 766. The summed E-state index contributed by atoms with van der Waals surface area (Å²) in [7, 11) is 1.23. The highest BCUT2D eigenvalue weighted by molar-refractivity contribution is 5.97. The maximum Gasteiger partial charge on any atom is 0.358 e. The summed E-state index contributed by atoms with van der Waals surface area (Å²) in [4.78, 5) is 23.3. The fraction of sp³-hybridized carbons (Fsp3) is 0.158. The predicted octanol–water partition coefficient (Wildman–Crippen LogP) is 3.00. The Morgan fingerprint density at radius 2 is 1.92 bits per heavy atom. The average molecular weight is 325 g/mol. The molecule has 0 aliphatic heterocycles. The summed E-state index contributed by atoms with van der Waals surface area (Å²) in [6, 6.07) is 14.4. The molecule has 2 aromatic rings. The molecule has 0 amide bonds. The number of aliphatic hydroxyl groups is 1. The van der Waals surface area contributed by atoms with Crippen molar-refractivity contribution >= 4 is 18.0 Å². The van der Waals surface area contributed by atoms with E-state index in [9.17, 15) is 14.7 Å². The molecule has 2 N–H and O–H groups in total. The van der Waals surface area contributed by atoms with Crippen LogP contribution in [0.5, 0.6) is 0 Å². The molecule has 0 saturated carbocycles. The lowest BCUT2D eigenvalue weighted by molar-refractivity contribution is -0.136. The molecule has 0 aliphatic rings. The summed E-state index contributed by atoms with van der Waals surface area (Å²) in [5.74, 6) is -1.02. The third-order valence-corrected chi connectivity index (χ3v) is 3.53. The van der Waals surface area contributed by atoms with Crippen LogP contribution in [0.25, 0.3) is 5.76 Å². The first-order valence-corrected chi connectivity index (χ1v) is 7.42. The van der Waals surface area contributed by atoms with Gasteiger partial charge in [-0.05, 0) is 18.6 Å². The Balaban J connectivity index is 2.41. The third-order valence-electron chi connectivity index (χ3n) is 3.53. The number of carbonyl (C=O) groups is 2. The first-order chi connectivity index (χ1) is 11.6. The highest BCUT2D eigenvalue weighted by atomic mass is 16.5. The molecule has 0 saturated heterocycles. The van der Waals surface area contributed by atoms with Gasteiger partial charge in [0, 0.05) is 17.7 Å². The number of hydrogen-bond donors (Lipinski definition) is 2. The van der Waals surface area contributed by atoms with E-state index in [1.807, 2.05) is 37.3 Å². The monoisotopic (exact) mass is 325 g/mol. The maximum atomic E-state index is 12.0. The number of aliphatic hydroxyl groups excluding tert-OH is 1. The van der Waals surface area contributed by atoms with Gasteiger partial charge in [0.15, 0.2) is 17.7 Å². The lowest BCUT2D eigenvalue weighted by Crippen LogP contribution is -2.23. The molecular formula is C19H19NO4. The number of rotatable bonds is 6. The molecule has 0 fully saturated rings. The Kier molecular flexibility index (Phi) is 5.73. The van der Waals surface area contributed by atoms with E-state index in [0.717, 1.165) is 11.1 Å². The van der Waals surface area contributed by atoms with Crippen molar-refractivity contribution in [2.75, 3.05) is 7.11 Å². The molecule has 0 unspecified atom stereocenters. The molecule has 0 atom stereocenters. The molecule has 0 heterocycles. The number of esters is 1. The van der Waals surface area contributed by atoms with Crippen molar-refractivity contribution in [3.63, 3.8) is 0 Å². The van der Waals surface area contributed by atoms with E-state index in [2.05, 4.69) is 5.32 Å². The van der Waals surface area contributed by atoms with Crippen LogP contribution in [0.2, 0.25) is 0 Å². The fourth-order valence-electron chi connectivity index (χ4n) is 2.25. The van der Waals surface area contributed by atoms with E-state index in [1.54, 1.807) is 18.2 Å². The van der Waals surface area contributed by atoms with Crippen LogP contribution >= 0.6 is 0 Å². The molecule has 0 radical (unpaired) electrons. The summed E-state index contributed by atoms with van der Waals surface area (Å²) in [5, 5.41) is 13.4. The second-order valence-electron chi connectivity index (χ2n) is 5.26. The Labute approximate surface area is 140 Å². The van der Waals surface area contributed by atoms with Crippen LogP contribution in [0.3, 0.4) is 0 Å². The van der Waals surface area contributed by atoms with Crippen LogP contribution in [-0.4, -0.2) is 24.5 Å². The zero-order valence-electron chi connectivity index (χ0n) is 13.6. The van der Waals surface area contributed by atoms with Crippen molar-refractivity contribution in [1.82, 2.24) is 5.32 Å². The molecule has 2 rings (SSSR count). The maximum absolute atomic E-state index is 12.0. The van der Waals surface area contributed by atoms with Crippen LogP contribution in [0, 0.1) is 6.92 Å². The number of aldehydes is 1. The van der Waals surface area contributed by atoms with Crippen LogP contribution in [0.4, 0.5) is 0 Å². The van der Waals surface area contributed by atoms with E-state index in [-0.39, 0.29) is 17.0 Å². The van der Waals surface area contributed by atoms with Crippen LogP contribution in [-0.2, 0) is 16.1 Å². The molecule has 24 heavy (non-hydrogen) atoms. The number of methoxy groups -OCH3 is 1. The number of aryl methyl sites for hydroxylation is 1. The van der Waals surface area contributed by atoms with Gasteiger partial charge in [-0.15, -0.1) is 0 Å². The SMILES string of the molecule is COC(=O)/C(NCc1ccccc1)=C(\O)c1cc(C)ccc1C=O. The van der Waals surface area contributed by atoms with Crippen LogP contribution < -0.4 is 5.32 Å². The molecule has 2 aromatic carbocycles. The summed E-state index contributed by atoms with van der Waals surface area (Å²) < 4.78 is 4.74. The van der Waals surface area contributed by atoms with Crippen molar-refractivity contribution in [1.29, 1.82) is 0 Å². The van der Waals surface area contributed by atoms with Gasteiger partial charge in [0.05, 0.1) is 7.11 Å². The van der Waals surface area contributed by atoms with E-state index >= 15 is 0 Å². The molecule has 5 nitrogen and oxygen atoms in total. The predicted molar refractivity (Wildman–Crippen MR) is 91.4 cm³/mol. The van der Waals surface area contributed by atoms with E-state index in [4.69, 9.17) is 4.74 Å². The molecular weight excluding hydrogens is 306 g/mol. The van der Waals surface area contributed by atoms with E-state index in [1.165, 1.54) is 7.11 Å². The summed E-state index contributed by atoms with van der Waals surface area (Å²) in [6.07, 6.45) is 0.636. The topological polar surface area (TPSA) is 75.6 Å². The number of benzene rings is 2. The van der Waals surface area contributed by atoms with E-state index < -0.39 is 5.97 Å². The molecule has 0 bridgehead atoms.